The molecule has 7 atom stereocenters. The van der Waals surface area contributed by atoms with Gasteiger partial charge in [0, 0.05) is 18.1 Å². The van der Waals surface area contributed by atoms with E-state index in [1.165, 1.54) is 13.8 Å². The highest BCUT2D eigenvalue weighted by molar-refractivity contribution is 5.90. The third-order valence-electron chi connectivity index (χ3n) is 5.43. The Labute approximate surface area is 184 Å². The maximum absolute atomic E-state index is 12.8. The summed E-state index contributed by atoms with van der Waals surface area (Å²) in [7, 11) is 0. The molecule has 3 unspecified atom stereocenters. The van der Waals surface area contributed by atoms with Gasteiger partial charge in [0.15, 0.2) is 18.3 Å². The first-order valence-electron chi connectivity index (χ1n) is 10.1. The summed E-state index contributed by atoms with van der Waals surface area (Å²) in [5, 5.41) is 0. The Kier molecular flexibility index (Phi) is 5.66. The van der Waals surface area contributed by atoms with Gasteiger partial charge in [-0.15, -0.1) is 0 Å². The SMILES string of the molecule is C=C(C)C(=O)O[C@@H]1C2OC3(C)O[C@@H]1C(OC(=O)c1ccccc1)[C@H](O3)[C@H]2OC(=O)C(=C)C. The van der Waals surface area contributed by atoms with E-state index in [1.54, 1.807) is 37.3 Å². The molecule has 9 heteroatoms. The van der Waals surface area contributed by atoms with E-state index >= 15 is 0 Å². The van der Waals surface area contributed by atoms with Crippen molar-refractivity contribution in [2.45, 2.75) is 63.4 Å². The van der Waals surface area contributed by atoms with Gasteiger partial charge in [0.1, 0.15) is 18.3 Å². The molecule has 1 aromatic rings. The lowest BCUT2D eigenvalue weighted by Gasteiger charge is -2.60. The van der Waals surface area contributed by atoms with E-state index in [-0.39, 0.29) is 11.1 Å². The molecule has 0 aromatic heterocycles. The van der Waals surface area contributed by atoms with Crippen molar-refractivity contribution in [3.05, 3.63) is 60.2 Å². The summed E-state index contributed by atoms with van der Waals surface area (Å²) in [6, 6.07) is 8.36. The van der Waals surface area contributed by atoms with E-state index in [0.29, 0.717) is 5.56 Å². The molecule has 4 aliphatic rings. The second-order valence-electron chi connectivity index (χ2n) is 8.15. The zero-order chi connectivity index (χ0) is 23.2. The quantitative estimate of drug-likeness (QED) is 0.370. The largest absolute Gasteiger partial charge is 0.453 e. The van der Waals surface area contributed by atoms with Crippen molar-refractivity contribution in [2.75, 3.05) is 0 Å². The Hall–Kier alpha value is -3.01. The van der Waals surface area contributed by atoms with Gasteiger partial charge in [0.2, 0.25) is 0 Å². The van der Waals surface area contributed by atoms with Crippen LogP contribution in [0.3, 0.4) is 0 Å². The molecule has 4 bridgehead atoms. The lowest BCUT2D eigenvalue weighted by molar-refractivity contribution is -0.529. The number of ether oxygens (including phenoxy) is 6. The molecule has 5 rings (SSSR count). The predicted octanol–water partition coefficient (Wildman–Crippen LogP) is 2.06. The number of esters is 3. The van der Waals surface area contributed by atoms with Crippen molar-refractivity contribution in [3.8, 4) is 0 Å². The van der Waals surface area contributed by atoms with Crippen LogP contribution < -0.4 is 0 Å². The summed E-state index contributed by atoms with van der Waals surface area (Å²) in [6.45, 7) is 11.7. The average molecular weight is 444 g/mol. The maximum Gasteiger partial charge on any atom is 0.338 e. The number of carbonyl (C=O) groups excluding carboxylic acids is 3. The first kappa shape index (κ1) is 22.2. The van der Waals surface area contributed by atoms with E-state index in [1.807, 2.05) is 0 Å². The number of benzene rings is 1. The Morgan fingerprint density at radius 3 is 1.59 bits per heavy atom. The second-order valence-corrected chi connectivity index (χ2v) is 8.15. The van der Waals surface area contributed by atoms with Crippen LogP contribution >= 0.6 is 0 Å². The minimum Gasteiger partial charge on any atom is -0.453 e. The van der Waals surface area contributed by atoms with Crippen molar-refractivity contribution in [3.63, 3.8) is 0 Å². The van der Waals surface area contributed by atoms with Crippen molar-refractivity contribution < 1.29 is 42.8 Å². The van der Waals surface area contributed by atoms with E-state index < -0.39 is 60.5 Å². The monoisotopic (exact) mass is 444 g/mol. The van der Waals surface area contributed by atoms with Crippen molar-refractivity contribution in [2.24, 2.45) is 0 Å². The molecule has 3 heterocycles. The van der Waals surface area contributed by atoms with Crippen LogP contribution in [0.4, 0.5) is 0 Å². The zero-order valence-electron chi connectivity index (χ0n) is 17.9. The Morgan fingerprint density at radius 2 is 1.19 bits per heavy atom. The molecular weight excluding hydrogens is 420 g/mol. The molecule has 1 aromatic carbocycles. The normalized spacial score (nSPS) is 34.5. The summed E-state index contributed by atoms with van der Waals surface area (Å²) in [4.78, 5) is 37.4. The van der Waals surface area contributed by atoms with E-state index in [4.69, 9.17) is 28.4 Å². The maximum atomic E-state index is 12.8. The smallest absolute Gasteiger partial charge is 0.338 e. The molecule has 0 N–H and O–H groups in total. The van der Waals surface area contributed by atoms with Gasteiger partial charge in [-0.05, 0) is 26.0 Å². The fraction of sp³-hybridized carbons (Fsp3) is 0.435. The average Bonchev–Trinajstić information content (AvgIpc) is 2.74. The molecule has 32 heavy (non-hydrogen) atoms. The van der Waals surface area contributed by atoms with Crippen molar-refractivity contribution in [1.82, 2.24) is 0 Å². The first-order chi connectivity index (χ1) is 15.1. The van der Waals surface area contributed by atoms with E-state index in [9.17, 15) is 14.4 Å². The third kappa shape index (κ3) is 3.94. The fourth-order valence-electron chi connectivity index (χ4n) is 3.97. The molecule has 0 radical (unpaired) electrons. The number of hydrogen-bond donors (Lipinski definition) is 0. The van der Waals surface area contributed by atoms with Crippen LogP contribution in [-0.4, -0.2) is 60.5 Å². The van der Waals surface area contributed by atoms with Gasteiger partial charge in [-0.25, -0.2) is 14.4 Å². The van der Waals surface area contributed by atoms with E-state index in [2.05, 4.69) is 13.2 Å². The zero-order valence-corrected chi connectivity index (χ0v) is 17.9. The molecule has 4 fully saturated rings. The van der Waals surface area contributed by atoms with Gasteiger partial charge in [-0.1, -0.05) is 31.4 Å². The van der Waals surface area contributed by atoms with Gasteiger partial charge in [-0.3, -0.25) is 0 Å². The first-order valence-corrected chi connectivity index (χ1v) is 10.1. The topological polar surface area (TPSA) is 107 Å². The van der Waals surface area contributed by atoms with Gasteiger partial charge < -0.3 is 28.4 Å². The van der Waals surface area contributed by atoms with Crippen LogP contribution in [0, 0.1) is 0 Å². The lowest BCUT2D eigenvalue weighted by atomic mass is 9.81. The Balaban J connectivity index is 1.68. The number of hydrogen-bond acceptors (Lipinski definition) is 9. The molecule has 0 spiro atoms. The highest BCUT2D eigenvalue weighted by Gasteiger charge is 2.69. The second kappa shape index (κ2) is 8.16. The van der Waals surface area contributed by atoms with Crippen LogP contribution in [0.15, 0.2) is 54.6 Å². The minimum atomic E-state index is -1.48. The van der Waals surface area contributed by atoms with Crippen molar-refractivity contribution >= 4 is 17.9 Å². The molecule has 170 valence electrons. The summed E-state index contributed by atoms with van der Waals surface area (Å²) in [6.07, 6.45) is -5.84. The van der Waals surface area contributed by atoms with Crippen LogP contribution in [0.2, 0.25) is 0 Å². The highest BCUT2D eigenvalue weighted by Crippen LogP contribution is 2.48. The van der Waals surface area contributed by atoms with E-state index in [0.717, 1.165) is 0 Å². The number of carbonyl (C=O) groups is 3. The fourth-order valence-corrected chi connectivity index (χ4v) is 3.97. The van der Waals surface area contributed by atoms with Crippen LogP contribution in [-0.2, 0) is 38.0 Å². The molecule has 3 aliphatic heterocycles. The molecule has 1 aliphatic carbocycles. The summed E-state index contributed by atoms with van der Waals surface area (Å²) in [5.41, 5.74) is 0.638. The van der Waals surface area contributed by atoms with Gasteiger partial charge in [-0.2, -0.15) is 0 Å². The predicted molar refractivity (Wildman–Crippen MR) is 108 cm³/mol. The molecule has 0 amide bonds. The third-order valence-corrected chi connectivity index (χ3v) is 5.43. The van der Waals surface area contributed by atoms with Crippen molar-refractivity contribution in [1.29, 1.82) is 0 Å². The van der Waals surface area contributed by atoms with Crippen LogP contribution in [0.5, 0.6) is 0 Å². The van der Waals surface area contributed by atoms with Gasteiger partial charge in [0.05, 0.1) is 5.56 Å². The van der Waals surface area contributed by atoms with Gasteiger partial charge in [0.25, 0.3) is 5.97 Å². The highest BCUT2D eigenvalue weighted by atomic mass is 16.9. The Bertz CT molecular complexity index is 923. The molecule has 9 nitrogen and oxygen atoms in total. The number of rotatable bonds is 6. The summed E-state index contributed by atoms with van der Waals surface area (Å²) in [5.74, 6) is -3.47. The van der Waals surface area contributed by atoms with Crippen LogP contribution in [0.25, 0.3) is 0 Å². The Morgan fingerprint density at radius 1 is 0.781 bits per heavy atom. The molecular formula is C23H24O9. The summed E-state index contributed by atoms with van der Waals surface area (Å²) >= 11 is 0. The molecule has 3 saturated heterocycles. The standard InChI is InChI=1S/C23H24O9/c1-11(2)20(24)27-14-17-15(28-21(25)12(3)4)19-16(18(14)31-23(5,30-17)32-19)29-22(26)13-9-7-6-8-10-13/h6-10,14-19H,1,3H2,2,4-5H3/t14-,15+,16?,17?,18+,19-,23?. The lowest BCUT2D eigenvalue weighted by Crippen LogP contribution is -2.79. The van der Waals surface area contributed by atoms with Crippen LogP contribution in [0.1, 0.15) is 31.1 Å². The molecule has 1 saturated carbocycles. The van der Waals surface area contributed by atoms with Gasteiger partial charge >= 0.3 is 17.9 Å². The summed E-state index contributed by atoms with van der Waals surface area (Å²) < 4.78 is 34.5. The minimum absolute atomic E-state index is 0.162.